The Morgan fingerprint density at radius 3 is 2.94 bits per heavy atom. The molecule has 0 aliphatic rings. The minimum absolute atomic E-state index is 0.324. The van der Waals surface area contributed by atoms with Gasteiger partial charge in [-0.25, -0.2) is 0 Å². The zero-order chi connectivity index (χ0) is 12.3. The Kier molecular flexibility index (Phi) is 4.31. The summed E-state index contributed by atoms with van der Waals surface area (Å²) in [6, 6.07) is 6.58. The first-order valence-electron chi connectivity index (χ1n) is 5.55. The number of thiophene rings is 1. The molecule has 4 heteroatoms. The zero-order valence-corrected chi connectivity index (χ0v) is 12.3. The molecule has 0 fully saturated rings. The summed E-state index contributed by atoms with van der Waals surface area (Å²) in [5, 5.41) is 3.51. The number of hydrogen-bond acceptors (Lipinski definition) is 3. The van der Waals surface area contributed by atoms with Gasteiger partial charge in [0.15, 0.2) is 0 Å². The first-order chi connectivity index (χ1) is 8.16. The van der Waals surface area contributed by atoms with E-state index in [2.05, 4.69) is 52.2 Å². The summed E-state index contributed by atoms with van der Waals surface area (Å²) >= 11 is 5.37. The van der Waals surface area contributed by atoms with Crippen LogP contribution in [0.1, 0.15) is 28.3 Å². The number of aromatic nitrogens is 1. The van der Waals surface area contributed by atoms with Gasteiger partial charge in [0.2, 0.25) is 0 Å². The van der Waals surface area contributed by atoms with Gasteiger partial charge in [0.25, 0.3) is 0 Å². The third-order valence-corrected chi connectivity index (χ3v) is 4.81. The molecule has 2 heterocycles. The Bertz CT molecular complexity index is 462. The van der Waals surface area contributed by atoms with Gasteiger partial charge in [-0.1, -0.05) is 6.07 Å². The summed E-state index contributed by atoms with van der Waals surface area (Å²) in [7, 11) is 0. The number of pyridine rings is 1. The van der Waals surface area contributed by atoms with E-state index in [1.165, 1.54) is 19.8 Å². The molecule has 0 amide bonds. The number of hydrogen-bond donors (Lipinski definition) is 1. The molecule has 0 spiro atoms. The Morgan fingerprint density at radius 1 is 1.53 bits per heavy atom. The van der Waals surface area contributed by atoms with E-state index in [0.717, 1.165) is 6.54 Å². The van der Waals surface area contributed by atoms with Crippen LogP contribution in [0.2, 0.25) is 0 Å². The van der Waals surface area contributed by atoms with Crippen molar-refractivity contribution in [3.8, 4) is 0 Å². The third-order valence-electron chi connectivity index (χ3n) is 2.68. The van der Waals surface area contributed by atoms with Crippen LogP contribution >= 0.6 is 27.3 Å². The summed E-state index contributed by atoms with van der Waals surface area (Å²) in [5.41, 5.74) is 1.22. The molecule has 0 aromatic carbocycles. The van der Waals surface area contributed by atoms with E-state index in [1.807, 2.05) is 23.6 Å². The lowest BCUT2D eigenvalue weighted by Crippen LogP contribution is -2.17. The SMILES string of the molecule is Cc1sc(CN[C@H](C)c2cccnc2)cc1Br. The highest BCUT2D eigenvalue weighted by atomic mass is 79.9. The zero-order valence-electron chi connectivity index (χ0n) is 9.90. The number of nitrogens with one attached hydrogen (secondary N) is 1. The molecule has 2 aromatic heterocycles. The van der Waals surface area contributed by atoms with Crippen LogP contribution in [-0.4, -0.2) is 4.98 Å². The number of halogens is 1. The lowest BCUT2D eigenvalue weighted by molar-refractivity contribution is 0.577. The summed E-state index contributed by atoms with van der Waals surface area (Å²) in [6.45, 7) is 5.18. The highest BCUT2D eigenvalue weighted by Gasteiger charge is 2.07. The van der Waals surface area contributed by atoms with Crippen LogP contribution in [0.3, 0.4) is 0 Å². The molecule has 2 rings (SSSR count). The van der Waals surface area contributed by atoms with Gasteiger partial charge in [0.05, 0.1) is 0 Å². The maximum absolute atomic E-state index is 4.13. The molecule has 0 aliphatic carbocycles. The number of rotatable bonds is 4. The molecule has 0 unspecified atom stereocenters. The minimum atomic E-state index is 0.324. The predicted molar refractivity (Wildman–Crippen MR) is 76.2 cm³/mol. The Labute approximate surface area is 114 Å². The van der Waals surface area contributed by atoms with Crippen LogP contribution in [0.5, 0.6) is 0 Å². The fourth-order valence-electron chi connectivity index (χ4n) is 1.61. The average Bonchev–Trinajstić information content (AvgIpc) is 2.67. The van der Waals surface area contributed by atoms with E-state index < -0.39 is 0 Å². The van der Waals surface area contributed by atoms with E-state index in [-0.39, 0.29) is 0 Å². The second kappa shape index (κ2) is 5.76. The topological polar surface area (TPSA) is 24.9 Å². The molecule has 1 atom stereocenters. The van der Waals surface area contributed by atoms with Gasteiger partial charge in [-0.15, -0.1) is 11.3 Å². The van der Waals surface area contributed by atoms with Crippen molar-refractivity contribution in [1.82, 2.24) is 10.3 Å². The van der Waals surface area contributed by atoms with E-state index in [9.17, 15) is 0 Å². The summed E-state index contributed by atoms with van der Waals surface area (Å²) in [6.07, 6.45) is 3.71. The first-order valence-corrected chi connectivity index (χ1v) is 7.16. The summed E-state index contributed by atoms with van der Waals surface area (Å²) in [4.78, 5) is 6.82. The molecular formula is C13H15BrN2S. The van der Waals surface area contributed by atoms with Gasteiger partial charge < -0.3 is 5.32 Å². The van der Waals surface area contributed by atoms with E-state index in [4.69, 9.17) is 0 Å². The normalized spacial score (nSPS) is 12.6. The lowest BCUT2D eigenvalue weighted by Gasteiger charge is -2.12. The van der Waals surface area contributed by atoms with E-state index in [0.29, 0.717) is 6.04 Å². The molecule has 0 bridgehead atoms. The van der Waals surface area contributed by atoms with Gasteiger partial charge in [-0.3, -0.25) is 4.98 Å². The van der Waals surface area contributed by atoms with Gasteiger partial charge in [0.1, 0.15) is 0 Å². The van der Waals surface area contributed by atoms with Crippen LogP contribution < -0.4 is 5.32 Å². The van der Waals surface area contributed by atoms with Crippen LogP contribution in [0.25, 0.3) is 0 Å². The van der Waals surface area contributed by atoms with Crippen LogP contribution in [0.4, 0.5) is 0 Å². The Morgan fingerprint density at radius 2 is 2.35 bits per heavy atom. The van der Waals surface area contributed by atoms with Crippen molar-refractivity contribution in [2.75, 3.05) is 0 Å². The number of aryl methyl sites for hydroxylation is 1. The average molecular weight is 311 g/mol. The molecule has 0 saturated heterocycles. The largest absolute Gasteiger partial charge is 0.305 e. The van der Waals surface area contributed by atoms with Crippen molar-refractivity contribution in [3.63, 3.8) is 0 Å². The molecule has 0 saturated carbocycles. The maximum atomic E-state index is 4.13. The van der Waals surface area contributed by atoms with Crippen LogP contribution in [0.15, 0.2) is 35.1 Å². The number of nitrogens with zero attached hydrogens (tertiary/aromatic N) is 1. The fraction of sp³-hybridized carbons (Fsp3) is 0.308. The van der Waals surface area contributed by atoms with Gasteiger partial charge in [-0.05, 0) is 47.5 Å². The first kappa shape index (κ1) is 12.7. The highest BCUT2D eigenvalue weighted by Crippen LogP contribution is 2.26. The Balaban J connectivity index is 1.94. The molecule has 0 aliphatic heterocycles. The summed E-state index contributed by atoms with van der Waals surface area (Å²) in [5.74, 6) is 0. The standard InChI is InChI=1S/C13H15BrN2S/c1-9(11-4-3-5-15-7-11)16-8-12-6-13(14)10(2)17-12/h3-7,9,16H,8H2,1-2H3/t9-/m1/s1. The van der Waals surface area contributed by atoms with Crippen LogP contribution in [-0.2, 0) is 6.54 Å². The fourth-order valence-corrected chi connectivity index (χ4v) is 3.16. The molecule has 90 valence electrons. The molecule has 2 nitrogen and oxygen atoms in total. The molecule has 0 radical (unpaired) electrons. The van der Waals surface area contributed by atoms with Gasteiger partial charge >= 0.3 is 0 Å². The predicted octanol–water partition coefficient (Wildman–Crippen LogP) is 4.06. The maximum Gasteiger partial charge on any atom is 0.0315 e. The second-order valence-electron chi connectivity index (χ2n) is 4.01. The van der Waals surface area contributed by atoms with Crippen molar-refractivity contribution in [3.05, 3.63) is 50.4 Å². The van der Waals surface area contributed by atoms with Crippen molar-refractivity contribution >= 4 is 27.3 Å². The quantitative estimate of drug-likeness (QED) is 0.921. The van der Waals surface area contributed by atoms with Crippen molar-refractivity contribution in [1.29, 1.82) is 0 Å². The smallest absolute Gasteiger partial charge is 0.0315 e. The van der Waals surface area contributed by atoms with Crippen LogP contribution in [0, 0.1) is 6.92 Å². The van der Waals surface area contributed by atoms with Gasteiger partial charge in [0, 0.05) is 39.2 Å². The monoisotopic (exact) mass is 310 g/mol. The molecule has 17 heavy (non-hydrogen) atoms. The Hall–Kier alpha value is -0.710. The molecule has 2 aromatic rings. The highest BCUT2D eigenvalue weighted by molar-refractivity contribution is 9.10. The minimum Gasteiger partial charge on any atom is -0.305 e. The van der Waals surface area contributed by atoms with Crippen molar-refractivity contribution < 1.29 is 0 Å². The van der Waals surface area contributed by atoms with Crippen molar-refractivity contribution in [2.24, 2.45) is 0 Å². The molecular weight excluding hydrogens is 296 g/mol. The second-order valence-corrected chi connectivity index (χ2v) is 6.20. The third kappa shape index (κ3) is 3.37. The molecule has 1 N–H and O–H groups in total. The van der Waals surface area contributed by atoms with Gasteiger partial charge in [-0.2, -0.15) is 0 Å². The lowest BCUT2D eigenvalue weighted by atomic mass is 10.1. The van der Waals surface area contributed by atoms with E-state index >= 15 is 0 Å². The van der Waals surface area contributed by atoms with E-state index in [1.54, 1.807) is 6.20 Å². The summed E-state index contributed by atoms with van der Waals surface area (Å²) < 4.78 is 1.20. The van der Waals surface area contributed by atoms with Crippen molar-refractivity contribution in [2.45, 2.75) is 26.4 Å².